The number of carbonyl (C=O) groups is 1. The summed E-state index contributed by atoms with van der Waals surface area (Å²) in [5, 5.41) is 2.86. The fourth-order valence-corrected chi connectivity index (χ4v) is 2.25. The third-order valence-corrected chi connectivity index (χ3v) is 3.65. The SMILES string of the molecule is O=C(/C=C/c1ccncc1)NCc1ccc(OCc2cccnc2)cc1. The van der Waals surface area contributed by atoms with E-state index in [0.29, 0.717) is 13.2 Å². The Morgan fingerprint density at radius 3 is 2.50 bits per heavy atom. The van der Waals surface area contributed by atoms with Crippen LogP contribution in [0.2, 0.25) is 0 Å². The van der Waals surface area contributed by atoms with Gasteiger partial charge < -0.3 is 10.1 Å². The van der Waals surface area contributed by atoms with Gasteiger partial charge in [0.05, 0.1) is 0 Å². The van der Waals surface area contributed by atoms with E-state index >= 15 is 0 Å². The molecule has 1 amide bonds. The molecule has 0 fully saturated rings. The molecule has 0 spiro atoms. The normalized spacial score (nSPS) is 10.6. The van der Waals surface area contributed by atoms with Gasteiger partial charge >= 0.3 is 0 Å². The van der Waals surface area contributed by atoms with Crippen molar-refractivity contribution in [3.8, 4) is 5.75 Å². The van der Waals surface area contributed by atoms with Gasteiger partial charge in [0, 0.05) is 43.0 Å². The van der Waals surface area contributed by atoms with Gasteiger partial charge in [-0.2, -0.15) is 0 Å². The van der Waals surface area contributed by atoms with Gasteiger partial charge in [0.1, 0.15) is 12.4 Å². The molecular formula is C21H19N3O2. The Morgan fingerprint density at radius 1 is 0.962 bits per heavy atom. The lowest BCUT2D eigenvalue weighted by molar-refractivity contribution is -0.116. The number of nitrogens with one attached hydrogen (secondary N) is 1. The smallest absolute Gasteiger partial charge is 0.244 e. The van der Waals surface area contributed by atoms with Crippen molar-refractivity contribution in [2.24, 2.45) is 0 Å². The number of benzene rings is 1. The van der Waals surface area contributed by atoms with E-state index in [-0.39, 0.29) is 5.91 Å². The summed E-state index contributed by atoms with van der Waals surface area (Å²) in [7, 11) is 0. The molecule has 0 unspecified atom stereocenters. The maximum Gasteiger partial charge on any atom is 0.244 e. The Labute approximate surface area is 152 Å². The number of aromatic nitrogens is 2. The lowest BCUT2D eigenvalue weighted by atomic mass is 10.2. The number of ether oxygens (including phenoxy) is 1. The van der Waals surface area contributed by atoms with Crippen LogP contribution in [0.25, 0.3) is 6.08 Å². The van der Waals surface area contributed by atoms with Crippen LogP contribution in [-0.2, 0) is 17.9 Å². The summed E-state index contributed by atoms with van der Waals surface area (Å²) in [6.07, 6.45) is 10.2. The highest BCUT2D eigenvalue weighted by molar-refractivity contribution is 5.91. The predicted molar refractivity (Wildman–Crippen MR) is 100 cm³/mol. The van der Waals surface area contributed by atoms with Crippen molar-refractivity contribution in [3.63, 3.8) is 0 Å². The highest BCUT2D eigenvalue weighted by Crippen LogP contribution is 2.14. The van der Waals surface area contributed by atoms with Gasteiger partial charge in [-0.3, -0.25) is 14.8 Å². The third-order valence-electron chi connectivity index (χ3n) is 3.65. The number of amides is 1. The van der Waals surface area contributed by atoms with E-state index in [4.69, 9.17) is 4.74 Å². The largest absolute Gasteiger partial charge is 0.489 e. The molecule has 2 aromatic heterocycles. The van der Waals surface area contributed by atoms with E-state index in [2.05, 4.69) is 15.3 Å². The minimum atomic E-state index is -0.140. The lowest BCUT2D eigenvalue weighted by Crippen LogP contribution is -2.20. The molecule has 130 valence electrons. The number of nitrogens with zero attached hydrogens (tertiary/aromatic N) is 2. The van der Waals surface area contributed by atoms with Crippen LogP contribution >= 0.6 is 0 Å². The summed E-state index contributed by atoms with van der Waals surface area (Å²) in [5.41, 5.74) is 2.96. The van der Waals surface area contributed by atoms with Crippen molar-refractivity contribution in [3.05, 3.63) is 96.1 Å². The number of rotatable bonds is 7. The first-order chi connectivity index (χ1) is 12.8. The fraction of sp³-hybridized carbons (Fsp3) is 0.0952. The molecule has 0 saturated heterocycles. The van der Waals surface area contributed by atoms with E-state index in [1.54, 1.807) is 30.9 Å². The zero-order chi connectivity index (χ0) is 18.0. The molecule has 5 heteroatoms. The van der Waals surface area contributed by atoms with Crippen LogP contribution in [-0.4, -0.2) is 15.9 Å². The van der Waals surface area contributed by atoms with Crippen LogP contribution in [0.4, 0.5) is 0 Å². The van der Waals surface area contributed by atoms with Gasteiger partial charge in [0.15, 0.2) is 0 Å². The van der Waals surface area contributed by atoms with Crippen LogP contribution in [0, 0.1) is 0 Å². The third kappa shape index (κ3) is 5.56. The minimum Gasteiger partial charge on any atom is -0.489 e. The summed E-state index contributed by atoms with van der Waals surface area (Å²) in [6.45, 7) is 0.937. The van der Waals surface area contributed by atoms with Crippen LogP contribution in [0.5, 0.6) is 5.75 Å². The van der Waals surface area contributed by atoms with Crippen LogP contribution in [0.1, 0.15) is 16.7 Å². The molecule has 0 radical (unpaired) electrons. The molecule has 1 N–H and O–H groups in total. The summed E-state index contributed by atoms with van der Waals surface area (Å²) >= 11 is 0. The first kappa shape index (κ1) is 17.4. The summed E-state index contributed by atoms with van der Waals surface area (Å²) in [5.74, 6) is 0.639. The maximum absolute atomic E-state index is 11.9. The molecule has 0 atom stereocenters. The monoisotopic (exact) mass is 345 g/mol. The Kier molecular flexibility index (Phi) is 6.09. The first-order valence-corrected chi connectivity index (χ1v) is 8.26. The van der Waals surface area contributed by atoms with E-state index in [9.17, 15) is 4.79 Å². The standard InChI is InChI=1S/C21H19N3O2/c25-21(8-5-17-9-12-22-13-10-17)24-15-18-3-6-20(7-4-18)26-16-19-2-1-11-23-14-19/h1-14H,15-16H2,(H,24,25)/b8-5+. The maximum atomic E-state index is 11.9. The van der Waals surface area contributed by atoms with Crippen LogP contribution in [0.3, 0.4) is 0 Å². The van der Waals surface area contributed by atoms with Crippen molar-refractivity contribution in [2.45, 2.75) is 13.2 Å². The van der Waals surface area contributed by atoms with Gasteiger partial charge in [-0.05, 0) is 47.5 Å². The molecule has 0 aliphatic heterocycles. The number of hydrogen-bond acceptors (Lipinski definition) is 4. The Balaban J connectivity index is 1.45. The molecule has 26 heavy (non-hydrogen) atoms. The van der Waals surface area contributed by atoms with E-state index in [0.717, 1.165) is 22.4 Å². The van der Waals surface area contributed by atoms with Gasteiger partial charge in [-0.1, -0.05) is 18.2 Å². The Bertz CT molecular complexity index is 847. The molecule has 2 heterocycles. The average Bonchev–Trinajstić information content (AvgIpc) is 2.71. The summed E-state index contributed by atoms with van der Waals surface area (Å²) in [6, 6.07) is 15.2. The second-order valence-electron chi connectivity index (χ2n) is 5.63. The van der Waals surface area contributed by atoms with Gasteiger partial charge in [-0.25, -0.2) is 0 Å². The number of carbonyl (C=O) groups excluding carboxylic acids is 1. The van der Waals surface area contributed by atoms with Crippen molar-refractivity contribution in [2.75, 3.05) is 0 Å². The van der Waals surface area contributed by atoms with Crippen molar-refractivity contribution < 1.29 is 9.53 Å². The van der Waals surface area contributed by atoms with E-state index < -0.39 is 0 Å². The van der Waals surface area contributed by atoms with Gasteiger partial charge in [0.25, 0.3) is 0 Å². The Morgan fingerprint density at radius 2 is 1.77 bits per heavy atom. The van der Waals surface area contributed by atoms with Crippen LogP contribution in [0.15, 0.2) is 79.4 Å². The highest BCUT2D eigenvalue weighted by atomic mass is 16.5. The number of pyridine rings is 2. The molecule has 0 bridgehead atoms. The highest BCUT2D eigenvalue weighted by Gasteiger charge is 1.99. The predicted octanol–water partition coefficient (Wildman–Crippen LogP) is 3.39. The Hall–Kier alpha value is -3.47. The van der Waals surface area contributed by atoms with Crippen molar-refractivity contribution in [1.29, 1.82) is 0 Å². The number of hydrogen-bond donors (Lipinski definition) is 1. The van der Waals surface area contributed by atoms with E-state index in [1.807, 2.05) is 48.5 Å². The average molecular weight is 345 g/mol. The second-order valence-corrected chi connectivity index (χ2v) is 5.63. The molecule has 1 aromatic carbocycles. The second kappa shape index (κ2) is 9.13. The zero-order valence-electron chi connectivity index (χ0n) is 14.2. The van der Waals surface area contributed by atoms with E-state index in [1.165, 1.54) is 6.08 Å². The molecule has 3 rings (SSSR count). The van der Waals surface area contributed by atoms with Gasteiger partial charge in [-0.15, -0.1) is 0 Å². The summed E-state index contributed by atoms with van der Waals surface area (Å²) < 4.78 is 5.72. The molecule has 0 saturated carbocycles. The lowest BCUT2D eigenvalue weighted by Gasteiger charge is -2.07. The minimum absolute atomic E-state index is 0.140. The van der Waals surface area contributed by atoms with Crippen molar-refractivity contribution in [1.82, 2.24) is 15.3 Å². The molecule has 0 aliphatic carbocycles. The fourth-order valence-electron chi connectivity index (χ4n) is 2.25. The molecule has 5 nitrogen and oxygen atoms in total. The molecule has 3 aromatic rings. The zero-order valence-corrected chi connectivity index (χ0v) is 14.2. The van der Waals surface area contributed by atoms with Crippen molar-refractivity contribution >= 4 is 12.0 Å². The first-order valence-electron chi connectivity index (χ1n) is 8.26. The van der Waals surface area contributed by atoms with Gasteiger partial charge in [0.2, 0.25) is 5.91 Å². The topological polar surface area (TPSA) is 64.1 Å². The molecule has 0 aliphatic rings. The van der Waals surface area contributed by atoms with Crippen LogP contribution < -0.4 is 10.1 Å². The molecular weight excluding hydrogens is 326 g/mol. The quantitative estimate of drug-likeness (QED) is 0.667. The summed E-state index contributed by atoms with van der Waals surface area (Å²) in [4.78, 5) is 19.9.